The van der Waals surface area contributed by atoms with E-state index in [0.29, 0.717) is 5.92 Å². The largest absolute Gasteiger partial charge is 0.496 e. The third-order valence-corrected chi connectivity index (χ3v) is 5.71. The van der Waals surface area contributed by atoms with Gasteiger partial charge in [0.25, 0.3) is 5.91 Å². The molecule has 0 radical (unpaired) electrons. The van der Waals surface area contributed by atoms with Gasteiger partial charge in [0.05, 0.1) is 7.11 Å². The molecule has 2 aliphatic rings. The predicted octanol–water partition coefficient (Wildman–Crippen LogP) is 2.59. The van der Waals surface area contributed by atoms with Crippen LogP contribution in [-0.4, -0.2) is 68.8 Å². The summed E-state index contributed by atoms with van der Waals surface area (Å²) in [4.78, 5) is 16.8. The van der Waals surface area contributed by atoms with Gasteiger partial charge in [0, 0.05) is 26.7 Å². The predicted molar refractivity (Wildman–Crippen MR) is 102 cm³/mol. The lowest BCUT2D eigenvalue weighted by Crippen LogP contribution is -2.42. The van der Waals surface area contributed by atoms with E-state index in [2.05, 4.69) is 17.0 Å². The number of benzene rings is 1. The molecule has 0 bridgehead atoms. The number of hydrogen-bond acceptors (Lipinski definition) is 4. The van der Waals surface area contributed by atoms with Crippen LogP contribution >= 0.6 is 0 Å². The van der Waals surface area contributed by atoms with Crippen LogP contribution in [0.15, 0.2) is 24.3 Å². The van der Waals surface area contributed by atoms with Crippen molar-refractivity contribution in [2.45, 2.75) is 38.2 Å². The minimum atomic E-state index is -0.194. The van der Waals surface area contributed by atoms with Crippen molar-refractivity contribution in [3.63, 3.8) is 0 Å². The Morgan fingerprint density at radius 1 is 1.27 bits per heavy atom. The number of carbonyl (C=O) groups is 1. The van der Waals surface area contributed by atoms with Gasteiger partial charge in [0.15, 0.2) is 0 Å². The van der Waals surface area contributed by atoms with Crippen molar-refractivity contribution in [2.24, 2.45) is 5.92 Å². The summed E-state index contributed by atoms with van der Waals surface area (Å²) >= 11 is 0. The SMILES string of the molecule is COc1ccccc1CCN1CCC(CN(C)C(=O)C2CCCO2)CC1. The molecule has 0 N–H and O–H groups in total. The molecule has 5 heteroatoms. The van der Waals surface area contributed by atoms with E-state index in [1.54, 1.807) is 7.11 Å². The molecule has 0 aliphatic carbocycles. The summed E-state index contributed by atoms with van der Waals surface area (Å²) in [5, 5.41) is 0. The molecule has 144 valence electrons. The summed E-state index contributed by atoms with van der Waals surface area (Å²) < 4.78 is 11.0. The zero-order chi connectivity index (χ0) is 18.4. The molecule has 3 rings (SSSR count). The van der Waals surface area contributed by atoms with Gasteiger partial charge in [0.2, 0.25) is 0 Å². The van der Waals surface area contributed by atoms with E-state index in [1.807, 2.05) is 24.1 Å². The van der Waals surface area contributed by atoms with Crippen molar-refractivity contribution >= 4 is 5.91 Å². The Kier molecular flexibility index (Phi) is 6.92. The summed E-state index contributed by atoms with van der Waals surface area (Å²) in [5.41, 5.74) is 1.28. The van der Waals surface area contributed by atoms with Gasteiger partial charge in [-0.2, -0.15) is 0 Å². The molecular weight excluding hydrogens is 328 g/mol. The zero-order valence-electron chi connectivity index (χ0n) is 16.2. The number of carbonyl (C=O) groups excluding carboxylic acids is 1. The Bertz CT molecular complexity index is 578. The number of nitrogens with zero attached hydrogens (tertiary/aromatic N) is 2. The topological polar surface area (TPSA) is 42.0 Å². The second-order valence-electron chi connectivity index (χ2n) is 7.57. The van der Waals surface area contributed by atoms with Crippen molar-refractivity contribution in [1.29, 1.82) is 0 Å². The molecule has 5 nitrogen and oxygen atoms in total. The van der Waals surface area contributed by atoms with Crippen LogP contribution in [0.5, 0.6) is 5.75 Å². The van der Waals surface area contributed by atoms with Crippen molar-refractivity contribution in [3.05, 3.63) is 29.8 Å². The van der Waals surface area contributed by atoms with Crippen molar-refractivity contribution < 1.29 is 14.3 Å². The minimum Gasteiger partial charge on any atom is -0.496 e. The van der Waals surface area contributed by atoms with Crippen LogP contribution in [0.2, 0.25) is 0 Å². The fraction of sp³-hybridized carbons (Fsp3) is 0.667. The van der Waals surface area contributed by atoms with Crippen LogP contribution in [0.3, 0.4) is 0 Å². The quantitative estimate of drug-likeness (QED) is 0.750. The lowest BCUT2D eigenvalue weighted by molar-refractivity contribution is -0.140. The Balaban J connectivity index is 1.39. The Morgan fingerprint density at radius 3 is 2.73 bits per heavy atom. The Morgan fingerprint density at radius 2 is 2.04 bits per heavy atom. The lowest BCUT2D eigenvalue weighted by Gasteiger charge is -2.34. The fourth-order valence-corrected chi connectivity index (χ4v) is 4.08. The van der Waals surface area contributed by atoms with Gasteiger partial charge in [-0.15, -0.1) is 0 Å². The zero-order valence-corrected chi connectivity index (χ0v) is 16.2. The number of piperidine rings is 1. The number of ether oxygens (including phenoxy) is 2. The highest BCUT2D eigenvalue weighted by atomic mass is 16.5. The first-order valence-electron chi connectivity index (χ1n) is 9.88. The van der Waals surface area contributed by atoms with E-state index in [0.717, 1.165) is 70.6 Å². The molecule has 26 heavy (non-hydrogen) atoms. The average molecular weight is 360 g/mol. The first-order chi connectivity index (χ1) is 12.7. The van der Waals surface area contributed by atoms with Gasteiger partial charge < -0.3 is 19.3 Å². The fourth-order valence-electron chi connectivity index (χ4n) is 4.08. The molecule has 0 spiro atoms. The maximum absolute atomic E-state index is 12.4. The van der Waals surface area contributed by atoms with Crippen LogP contribution < -0.4 is 4.74 Å². The molecule has 2 saturated heterocycles. The molecule has 2 heterocycles. The van der Waals surface area contributed by atoms with Crippen LogP contribution in [0, 0.1) is 5.92 Å². The van der Waals surface area contributed by atoms with Crippen LogP contribution in [0.1, 0.15) is 31.2 Å². The molecule has 1 atom stereocenters. The monoisotopic (exact) mass is 360 g/mol. The third-order valence-electron chi connectivity index (χ3n) is 5.71. The standard InChI is InChI=1S/C21H32N2O3/c1-22(21(24)20-8-5-15-26-20)16-17-9-12-23(13-10-17)14-11-18-6-3-4-7-19(18)25-2/h3-4,6-7,17,20H,5,8-16H2,1-2H3. The number of amides is 1. The molecular formula is C21H32N2O3. The molecule has 1 unspecified atom stereocenters. The number of para-hydroxylation sites is 1. The summed E-state index contributed by atoms with van der Waals surface area (Å²) in [6, 6.07) is 8.27. The number of rotatable bonds is 7. The molecule has 2 aliphatic heterocycles. The average Bonchev–Trinajstić information content (AvgIpc) is 3.21. The van der Waals surface area contributed by atoms with E-state index >= 15 is 0 Å². The van der Waals surface area contributed by atoms with Crippen LogP contribution in [0.4, 0.5) is 0 Å². The van der Waals surface area contributed by atoms with E-state index < -0.39 is 0 Å². The second kappa shape index (κ2) is 9.38. The normalized spacial score (nSPS) is 21.7. The van der Waals surface area contributed by atoms with Crippen molar-refractivity contribution in [2.75, 3.05) is 46.9 Å². The van der Waals surface area contributed by atoms with Crippen LogP contribution in [-0.2, 0) is 16.0 Å². The highest BCUT2D eigenvalue weighted by Crippen LogP contribution is 2.22. The first kappa shape index (κ1) is 19.2. The van der Waals surface area contributed by atoms with Crippen molar-refractivity contribution in [3.8, 4) is 5.75 Å². The van der Waals surface area contributed by atoms with E-state index in [9.17, 15) is 4.79 Å². The van der Waals surface area contributed by atoms with Gasteiger partial charge >= 0.3 is 0 Å². The lowest BCUT2D eigenvalue weighted by atomic mass is 9.95. The number of methoxy groups -OCH3 is 1. The molecule has 1 aromatic rings. The number of likely N-dealkylation sites (N-methyl/N-ethyl adjacent to an activating group) is 1. The molecule has 0 aromatic heterocycles. The molecule has 1 aromatic carbocycles. The maximum atomic E-state index is 12.4. The highest BCUT2D eigenvalue weighted by molar-refractivity contribution is 5.80. The van der Waals surface area contributed by atoms with Gasteiger partial charge in [-0.1, -0.05) is 18.2 Å². The third kappa shape index (κ3) is 4.98. The van der Waals surface area contributed by atoms with E-state index in [1.165, 1.54) is 5.56 Å². The van der Waals surface area contributed by atoms with Gasteiger partial charge in [-0.25, -0.2) is 0 Å². The summed E-state index contributed by atoms with van der Waals surface area (Å²) in [5.74, 6) is 1.76. The smallest absolute Gasteiger partial charge is 0.251 e. The number of likely N-dealkylation sites (tertiary alicyclic amines) is 1. The highest BCUT2D eigenvalue weighted by Gasteiger charge is 2.28. The van der Waals surface area contributed by atoms with E-state index in [4.69, 9.17) is 9.47 Å². The Hall–Kier alpha value is -1.59. The van der Waals surface area contributed by atoms with Gasteiger partial charge in [-0.05, 0) is 62.7 Å². The van der Waals surface area contributed by atoms with Gasteiger partial charge in [0.1, 0.15) is 11.9 Å². The second-order valence-corrected chi connectivity index (χ2v) is 7.57. The molecule has 2 fully saturated rings. The maximum Gasteiger partial charge on any atom is 0.251 e. The summed E-state index contributed by atoms with van der Waals surface area (Å²) in [6.07, 6.45) is 5.04. The molecule has 0 saturated carbocycles. The van der Waals surface area contributed by atoms with Crippen LogP contribution in [0.25, 0.3) is 0 Å². The first-order valence-corrected chi connectivity index (χ1v) is 9.88. The van der Waals surface area contributed by atoms with E-state index in [-0.39, 0.29) is 12.0 Å². The Labute approximate surface area is 157 Å². The summed E-state index contributed by atoms with van der Waals surface area (Å²) in [7, 11) is 3.66. The van der Waals surface area contributed by atoms with Crippen molar-refractivity contribution in [1.82, 2.24) is 9.80 Å². The molecule has 1 amide bonds. The van der Waals surface area contributed by atoms with Gasteiger partial charge in [-0.3, -0.25) is 4.79 Å². The number of hydrogen-bond donors (Lipinski definition) is 0. The summed E-state index contributed by atoms with van der Waals surface area (Å²) in [6.45, 7) is 4.88. The minimum absolute atomic E-state index is 0.168.